The molecule has 1 unspecified atom stereocenters. The van der Waals surface area contributed by atoms with E-state index in [1.54, 1.807) is 37.6 Å². The topological polar surface area (TPSA) is 133 Å². The number of para-hydroxylation sites is 2. The summed E-state index contributed by atoms with van der Waals surface area (Å²) in [5.41, 5.74) is 2.84. The first-order valence-electron chi connectivity index (χ1n) is 20.8. The van der Waals surface area contributed by atoms with Crippen LogP contribution in [0.25, 0.3) is 32.0 Å². The van der Waals surface area contributed by atoms with E-state index in [2.05, 4.69) is 46.8 Å². The fraction of sp³-hybridized carbons (Fsp3) is 0.312. The molecule has 3 aromatic heterocycles. The summed E-state index contributed by atoms with van der Waals surface area (Å²) in [5, 5.41) is 11.8. The Bertz CT molecular complexity index is 2650. The highest BCUT2D eigenvalue weighted by molar-refractivity contribution is 7.22. The number of thiophene rings is 1. The minimum atomic E-state index is -1.37. The van der Waals surface area contributed by atoms with Crippen molar-refractivity contribution in [2.24, 2.45) is 5.41 Å². The molecule has 0 radical (unpaired) electrons. The highest BCUT2D eigenvalue weighted by Crippen LogP contribution is 2.55. The standard InChI is InChI=1S/C48H48ClFN6O6S/c1-48(2)35(17-18-38(43(48)49)60-26-25-56-23-21-55(3)22-24-56)40-41-45(52-29-53-46(41)63-42(40)30-13-15-32(50)16-14-30)62-39(47(57)58)27-31-9-5-7-11-36(31)61-28-33-19-20-51-44(54-33)34-10-6-8-12-37(34)59-4/h5-20,29,35,39H,21-28H2,1-4H3,(H,57,58)/p+1/t35?,39-/m1/s1. The lowest BCUT2D eigenvalue weighted by atomic mass is 9.71. The third kappa shape index (κ3) is 9.69. The zero-order chi connectivity index (χ0) is 44.1. The Balaban J connectivity index is 1.07. The molecular weight excluding hydrogens is 843 g/mol. The molecule has 4 heterocycles. The van der Waals surface area contributed by atoms with Crippen molar-refractivity contribution in [3.05, 3.63) is 137 Å². The Morgan fingerprint density at radius 1 is 1.00 bits per heavy atom. The van der Waals surface area contributed by atoms with Gasteiger partial charge < -0.3 is 29.0 Å². The van der Waals surface area contributed by atoms with E-state index in [0.29, 0.717) is 56.2 Å². The molecule has 0 saturated carbocycles. The number of carboxylic acid groups (broad SMARTS) is 1. The van der Waals surface area contributed by atoms with Gasteiger partial charge in [-0.25, -0.2) is 29.1 Å². The number of allylic oxidation sites excluding steroid dienone is 3. The molecule has 12 nitrogen and oxygen atoms in total. The van der Waals surface area contributed by atoms with Gasteiger partial charge in [-0.05, 0) is 59.2 Å². The number of halogens is 2. The van der Waals surface area contributed by atoms with Gasteiger partial charge in [0.25, 0.3) is 0 Å². The second-order valence-corrected chi connectivity index (χ2v) is 17.6. The lowest BCUT2D eigenvalue weighted by molar-refractivity contribution is -0.884. The number of quaternary nitrogens is 1. The molecule has 3 aromatic carbocycles. The first-order chi connectivity index (χ1) is 30.5. The molecule has 1 aliphatic carbocycles. The van der Waals surface area contributed by atoms with E-state index in [1.165, 1.54) is 34.7 Å². The summed E-state index contributed by atoms with van der Waals surface area (Å²) in [4.78, 5) is 36.7. The number of carbonyl (C=O) groups is 1. The maximum absolute atomic E-state index is 14.3. The fourth-order valence-corrected chi connectivity index (χ4v) is 9.43. The number of methoxy groups -OCH3 is 1. The number of hydrogen-bond donors (Lipinski definition) is 2. The van der Waals surface area contributed by atoms with Crippen molar-refractivity contribution < 1.29 is 38.1 Å². The second kappa shape index (κ2) is 19.2. The summed E-state index contributed by atoms with van der Waals surface area (Å²) in [5.74, 6) is 0.420. The lowest BCUT2D eigenvalue weighted by Crippen LogP contribution is -3.12. The number of nitrogens with one attached hydrogen (secondary N) is 1. The Morgan fingerprint density at radius 2 is 1.75 bits per heavy atom. The average Bonchev–Trinajstić information content (AvgIpc) is 3.68. The molecule has 1 saturated heterocycles. The van der Waals surface area contributed by atoms with Gasteiger partial charge in [-0.15, -0.1) is 11.3 Å². The van der Waals surface area contributed by atoms with Gasteiger partial charge in [0.1, 0.15) is 47.4 Å². The van der Waals surface area contributed by atoms with E-state index < -0.39 is 17.5 Å². The van der Waals surface area contributed by atoms with Crippen molar-refractivity contribution >= 4 is 39.1 Å². The Hall–Kier alpha value is -5.93. The molecule has 6 aromatic rings. The van der Waals surface area contributed by atoms with E-state index in [1.807, 2.05) is 48.5 Å². The molecule has 2 aliphatic rings. The number of hydrogen-bond acceptors (Lipinski definition) is 11. The van der Waals surface area contributed by atoms with E-state index in [9.17, 15) is 14.3 Å². The smallest absolute Gasteiger partial charge is 0.345 e. The summed E-state index contributed by atoms with van der Waals surface area (Å²) in [6.45, 7) is 9.76. The minimum Gasteiger partial charge on any atom is -0.496 e. The average molecular weight is 892 g/mol. The number of fused-ring (bicyclic) bond motifs is 1. The van der Waals surface area contributed by atoms with Gasteiger partial charge in [0.15, 0.2) is 5.82 Å². The van der Waals surface area contributed by atoms with Gasteiger partial charge in [0.05, 0.1) is 48.9 Å². The number of nitrogens with zero attached hydrogens (tertiary/aromatic N) is 5. The second-order valence-electron chi connectivity index (χ2n) is 16.2. The molecule has 0 bridgehead atoms. The third-order valence-electron chi connectivity index (χ3n) is 11.6. The van der Waals surface area contributed by atoms with E-state index in [0.717, 1.165) is 54.3 Å². The van der Waals surface area contributed by atoms with Gasteiger partial charge in [0.2, 0.25) is 12.0 Å². The van der Waals surface area contributed by atoms with Crippen molar-refractivity contribution in [1.82, 2.24) is 24.8 Å². The molecular formula is C48H49ClFN6O6S+. The summed E-state index contributed by atoms with van der Waals surface area (Å²) < 4.78 is 38.8. The van der Waals surface area contributed by atoms with Crippen molar-refractivity contribution in [2.75, 3.05) is 53.5 Å². The molecule has 0 amide bonds. The monoisotopic (exact) mass is 891 g/mol. The van der Waals surface area contributed by atoms with Gasteiger partial charge in [-0.1, -0.05) is 74.0 Å². The van der Waals surface area contributed by atoms with Crippen LogP contribution in [0.3, 0.4) is 0 Å². The van der Waals surface area contributed by atoms with Gasteiger partial charge >= 0.3 is 5.97 Å². The number of piperazine rings is 1. The number of likely N-dealkylation sites (N-methyl/N-ethyl adjacent to an activating group) is 1. The molecule has 0 spiro atoms. The molecule has 1 fully saturated rings. The van der Waals surface area contributed by atoms with Gasteiger partial charge in [-0.3, -0.25) is 4.90 Å². The lowest BCUT2D eigenvalue weighted by Gasteiger charge is -2.37. The zero-order valence-corrected chi connectivity index (χ0v) is 37.1. The number of aromatic nitrogens is 4. The largest absolute Gasteiger partial charge is 0.496 e. The Morgan fingerprint density at radius 3 is 2.51 bits per heavy atom. The van der Waals surface area contributed by atoms with Crippen LogP contribution in [0.15, 0.2) is 114 Å². The van der Waals surface area contributed by atoms with E-state index in [-0.39, 0.29) is 30.6 Å². The highest BCUT2D eigenvalue weighted by Gasteiger charge is 2.41. The van der Waals surface area contributed by atoms with Crippen LogP contribution in [-0.2, 0) is 22.6 Å². The van der Waals surface area contributed by atoms with Crippen LogP contribution < -0.4 is 19.1 Å². The maximum atomic E-state index is 14.3. The maximum Gasteiger partial charge on any atom is 0.345 e. The van der Waals surface area contributed by atoms with Gasteiger partial charge in [0, 0.05) is 48.5 Å². The molecule has 2 N–H and O–H groups in total. The first-order valence-corrected chi connectivity index (χ1v) is 22.0. The van der Waals surface area contributed by atoms with Crippen LogP contribution in [0.4, 0.5) is 4.39 Å². The number of benzene rings is 3. The zero-order valence-electron chi connectivity index (χ0n) is 35.5. The van der Waals surface area contributed by atoms with Crippen molar-refractivity contribution in [1.29, 1.82) is 0 Å². The normalized spacial score (nSPS) is 17.1. The summed E-state index contributed by atoms with van der Waals surface area (Å²) >= 11 is 8.66. The molecule has 2 atom stereocenters. The predicted molar refractivity (Wildman–Crippen MR) is 241 cm³/mol. The van der Waals surface area contributed by atoms with Gasteiger partial charge in [-0.2, -0.15) is 0 Å². The number of carboxylic acids is 1. The Labute approximate surface area is 374 Å². The first kappa shape index (κ1) is 43.7. The van der Waals surface area contributed by atoms with E-state index >= 15 is 0 Å². The highest BCUT2D eigenvalue weighted by atomic mass is 35.5. The SMILES string of the molecule is COc1ccccc1-c1nccc(COc2ccccc2C[C@@H](Oc2ncnc3sc(-c4ccc(F)cc4)c(C4C=CC(OCCN5CC[NH+](C)CC5)=C(Cl)C4(C)C)c23)C(=O)O)n1. The summed E-state index contributed by atoms with van der Waals surface area (Å²) in [6.07, 6.45) is 5.58. The van der Waals surface area contributed by atoms with E-state index in [4.69, 9.17) is 35.5 Å². The molecule has 8 rings (SSSR count). The van der Waals surface area contributed by atoms with Crippen molar-refractivity contribution in [2.45, 2.75) is 38.9 Å². The minimum absolute atomic E-state index is 0.0447. The summed E-state index contributed by atoms with van der Waals surface area (Å²) in [7, 11) is 3.81. The predicted octanol–water partition coefficient (Wildman–Crippen LogP) is 7.59. The van der Waals surface area contributed by atoms with Crippen LogP contribution in [0.2, 0.25) is 0 Å². The summed E-state index contributed by atoms with van der Waals surface area (Å²) in [6, 6.07) is 22.8. The van der Waals surface area contributed by atoms with Crippen molar-refractivity contribution in [3.8, 4) is 39.2 Å². The quantitative estimate of drug-likeness (QED) is 0.0996. The van der Waals surface area contributed by atoms with Crippen LogP contribution >= 0.6 is 22.9 Å². The Kier molecular flexibility index (Phi) is 13.3. The van der Waals surface area contributed by atoms with Crippen molar-refractivity contribution in [3.63, 3.8) is 0 Å². The van der Waals surface area contributed by atoms with Crippen LogP contribution in [0.5, 0.6) is 17.4 Å². The molecule has 15 heteroatoms. The fourth-order valence-electron chi connectivity index (χ4n) is 8.01. The number of ether oxygens (including phenoxy) is 4. The van der Waals surface area contributed by atoms with Crippen LogP contribution in [0.1, 0.15) is 36.6 Å². The molecule has 63 heavy (non-hydrogen) atoms. The molecule has 326 valence electrons. The van der Waals surface area contributed by atoms with Crippen LogP contribution in [-0.4, -0.2) is 95.5 Å². The molecule has 1 aliphatic heterocycles. The third-order valence-corrected chi connectivity index (χ3v) is 13.5. The number of rotatable bonds is 16. The van der Waals surface area contributed by atoms with Crippen LogP contribution in [0, 0.1) is 11.2 Å². The number of aliphatic carboxylic acids is 1.